The summed E-state index contributed by atoms with van der Waals surface area (Å²) >= 11 is 0. The van der Waals surface area contributed by atoms with E-state index in [1.165, 1.54) is 0 Å². The quantitative estimate of drug-likeness (QED) is 0.568. The zero-order valence-electron chi connectivity index (χ0n) is 7.68. The minimum absolute atomic E-state index is 0.0666. The van der Waals surface area contributed by atoms with Crippen LogP contribution in [0, 0.1) is 0 Å². The molecule has 0 atom stereocenters. The van der Waals surface area contributed by atoms with E-state index >= 15 is 0 Å². The molecular weight excluding hydrogens is 158 g/mol. The van der Waals surface area contributed by atoms with Crippen LogP contribution in [0.3, 0.4) is 0 Å². The van der Waals surface area contributed by atoms with Crippen molar-refractivity contribution in [1.29, 1.82) is 0 Å². The molecule has 4 heteroatoms. The molecule has 0 aromatic rings. The monoisotopic (exact) mass is 173 g/mol. The van der Waals surface area contributed by atoms with Gasteiger partial charge in [0, 0.05) is 18.9 Å². The molecule has 0 aliphatic carbocycles. The summed E-state index contributed by atoms with van der Waals surface area (Å²) in [4.78, 5) is 19.5. The molecule has 1 aliphatic heterocycles. The Labute approximate surface area is 72.0 Å². The number of hydrogen-bond acceptors (Lipinski definition) is 2. The van der Waals surface area contributed by atoms with Crippen molar-refractivity contribution in [3.05, 3.63) is 0 Å². The molecule has 0 spiro atoms. The van der Waals surface area contributed by atoms with Crippen LogP contribution in [0.1, 0.15) is 33.6 Å². The first-order valence-electron chi connectivity index (χ1n) is 3.84. The zero-order valence-corrected chi connectivity index (χ0v) is 7.68. The fraction of sp³-hybridized carbons (Fsp3) is 0.750. The molecule has 1 saturated heterocycles. The smallest absolute Gasteiger partial charge is 0.300 e. The molecule has 0 saturated carbocycles. The lowest BCUT2D eigenvalue weighted by Crippen LogP contribution is -2.34. The van der Waals surface area contributed by atoms with E-state index in [0.29, 0.717) is 6.42 Å². The van der Waals surface area contributed by atoms with Gasteiger partial charge in [-0.15, -0.1) is 0 Å². The number of carbonyl (C=O) groups excluding carboxylic acids is 1. The molecule has 0 radical (unpaired) electrons. The van der Waals surface area contributed by atoms with E-state index in [4.69, 9.17) is 9.90 Å². The SMILES string of the molecule is CC(=O)O.CC1(C)CCC(=O)N1. The first-order chi connectivity index (χ1) is 5.33. The molecule has 0 aromatic heterocycles. The van der Waals surface area contributed by atoms with Gasteiger partial charge in [-0.3, -0.25) is 9.59 Å². The van der Waals surface area contributed by atoms with Crippen LogP contribution in [0.4, 0.5) is 0 Å². The molecule has 0 unspecified atom stereocenters. The van der Waals surface area contributed by atoms with E-state index in [1.54, 1.807) is 0 Å². The Morgan fingerprint density at radius 2 is 2.00 bits per heavy atom. The van der Waals surface area contributed by atoms with Gasteiger partial charge in [0.1, 0.15) is 0 Å². The fourth-order valence-corrected chi connectivity index (χ4v) is 0.928. The summed E-state index contributed by atoms with van der Waals surface area (Å²) in [7, 11) is 0. The maximum atomic E-state index is 10.5. The third-order valence-electron chi connectivity index (χ3n) is 1.45. The molecule has 1 fully saturated rings. The lowest BCUT2D eigenvalue weighted by Gasteiger charge is -2.15. The van der Waals surface area contributed by atoms with Crippen LogP contribution >= 0.6 is 0 Å². The van der Waals surface area contributed by atoms with Gasteiger partial charge in [0.05, 0.1) is 0 Å². The Kier molecular flexibility index (Phi) is 3.73. The zero-order chi connectivity index (χ0) is 9.78. The van der Waals surface area contributed by atoms with Gasteiger partial charge >= 0.3 is 0 Å². The average molecular weight is 173 g/mol. The highest BCUT2D eigenvalue weighted by atomic mass is 16.4. The molecule has 1 aliphatic rings. The minimum Gasteiger partial charge on any atom is -0.481 e. The normalized spacial score (nSPS) is 19.1. The van der Waals surface area contributed by atoms with Crippen molar-refractivity contribution >= 4 is 11.9 Å². The second kappa shape index (κ2) is 4.09. The van der Waals surface area contributed by atoms with Crippen molar-refractivity contribution in [2.45, 2.75) is 39.2 Å². The topological polar surface area (TPSA) is 66.4 Å². The maximum Gasteiger partial charge on any atom is 0.300 e. The van der Waals surface area contributed by atoms with Crippen LogP contribution in [-0.4, -0.2) is 22.5 Å². The third-order valence-corrected chi connectivity index (χ3v) is 1.45. The average Bonchev–Trinajstić information content (AvgIpc) is 2.07. The predicted molar refractivity (Wildman–Crippen MR) is 44.8 cm³/mol. The highest BCUT2D eigenvalue weighted by Gasteiger charge is 2.27. The van der Waals surface area contributed by atoms with Gasteiger partial charge in [-0.2, -0.15) is 0 Å². The molecule has 12 heavy (non-hydrogen) atoms. The van der Waals surface area contributed by atoms with E-state index < -0.39 is 5.97 Å². The summed E-state index contributed by atoms with van der Waals surface area (Å²) < 4.78 is 0. The maximum absolute atomic E-state index is 10.5. The van der Waals surface area contributed by atoms with Crippen LogP contribution in [0.15, 0.2) is 0 Å². The Morgan fingerprint density at radius 3 is 2.08 bits per heavy atom. The second-order valence-electron chi connectivity index (χ2n) is 3.45. The number of carboxylic acids is 1. The number of carbonyl (C=O) groups is 2. The Balaban J connectivity index is 0.000000261. The number of rotatable bonds is 0. The highest BCUT2D eigenvalue weighted by Crippen LogP contribution is 2.17. The van der Waals surface area contributed by atoms with E-state index in [-0.39, 0.29) is 11.4 Å². The van der Waals surface area contributed by atoms with E-state index in [2.05, 4.69) is 5.32 Å². The predicted octanol–water partition coefficient (Wildman–Crippen LogP) is 0.766. The van der Waals surface area contributed by atoms with Gasteiger partial charge in [-0.1, -0.05) is 0 Å². The summed E-state index contributed by atoms with van der Waals surface area (Å²) in [6, 6.07) is 0. The largest absolute Gasteiger partial charge is 0.481 e. The van der Waals surface area contributed by atoms with Gasteiger partial charge in [0.25, 0.3) is 5.97 Å². The molecule has 70 valence electrons. The van der Waals surface area contributed by atoms with Crippen molar-refractivity contribution in [2.75, 3.05) is 0 Å². The summed E-state index contributed by atoms with van der Waals surface area (Å²) in [6.07, 6.45) is 1.68. The summed E-state index contributed by atoms with van der Waals surface area (Å²) in [5, 5.41) is 10.3. The van der Waals surface area contributed by atoms with Crippen LogP contribution in [0.5, 0.6) is 0 Å². The van der Waals surface area contributed by atoms with E-state index in [0.717, 1.165) is 13.3 Å². The molecule has 2 N–H and O–H groups in total. The van der Waals surface area contributed by atoms with E-state index in [9.17, 15) is 4.79 Å². The second-order valence-corrected chi connectivity index (χ2v) is 3.45. The van der Waals surface area contributed by atoms with Crippen molar-refractivity contribution < 1.29 is 14.7 Å². The molecule has 1 amide bonds. The van der Waals surface area contributed by atoms with Crippen LogP contribution in [-0.2, 0) is 9.59 Å². The van der Waals surface area contributed by atoms with Crippen LogP contribution in [0.2, 0.25) is 0 Å². The highest BCUT2D eigenvalue weighted by molar-refractivity contribution is 5.79. The van der Waals surface area contributed by atoms with Crippen molar-refractivity contribution in [3.63, 3.8) is 0 Å². The lowest BCUT2D eigenvalue weighted by molar-refractivity contribution is -0.134. The molecule has 0 bridgehead atoms. The van der Waals surface area contributed by atoms with Gasteiger partial charge in [-0.05, 0) is 20.3 Å². The minimum atomic E-state index is -0.833. The molecular formula is C8H15NO3. The number of nitrogens with one attached hydrogen (secondary N) is 1. The first-order valence-corrected chi connectivity index (χ1v) is 3.84. The van der Waals surface area contributed by atoms with E-state index in [1.807, 2.05) is 13.8 Å². The molecule has 1 rings (SSSR count). The molecule has 0 aromatic carbocycles. The van der Waals surface area contributed by atoms with Gasteiger partial charge < -0.3 is 10.4 Å². The molecule has 1 heterocycles. The number of aliphatic carboxylic acids is 1. The number of hydrogen-bond donors (Lipinski definition) is 2. The summed E-state index contributed by atoms with van der Waals surface area (Å²) in [5.74, 6) is -0.644. The lowest BCUT2D eigenvalue weighted by atomic mass is 10.0. The van der Waals surface area contributed by atoms with Gasteiger partial charge in [0.2, 0.25) is 5.91 Å². The van der Waals surface area contributed by atoms with Crippen LogP contribution < -0.4 is 5.32 Å². The summed E-state index contributed by atoms with van der Waals surface area (Å²) in [5.41, 5.74) is 0.0666. The fourth-order valence-electron chi connectivity index (χ4n) is 0.928. The van der Waals surface area contributed by atoms with Crippen molar-refractivity contribution in [1.82, 2.24) is 5.32 Å². The van der Waals surface area contributed by atoms with Gasteiger partial charge in [-0.25, -0.2) is 0 Å². The third kappa shape index (κ3) is 5.70. The molecule has 4 nitrogen and oxygen atoms in total. The number of amides is 1. The number of carboxylic acid groups (broad SMARTS) is 1. The van der Waals surface area contributed by atoms with Crippen molar-refractivity contribution in [3.8, 4) is 0 Å². The van der Waals surface area contributed by atoms with Crippen LogP contribution in [0.25, 0.3) is 0 Å². The van der Waals surface area contributed by atoms with Crippen molar-refractivity contribution in [2.24, 2.45) is 0 Å². The van der Waals surface area contributed by atoms with Gasteiger partial charge in [0.15, 0.2) is 0 Å². The first kappa shape index (κ1) is 10.9. The Bertz CT molecular complexity index is 183. The summed E-state index contributed by atoms with van der Waals surface area (Å²) in [6.45, 7) is 5.16. The Morgan fingerprint density at radius 1 is 1.58 bits per heavy atom. The standard InChI is InChI=1S/C6H11NO.C2H4O2/c1-6(2)4-3-5(8)7-6;1-2(3)4/h3-4H2,1-2H3,(H,7,8);1H3,(H,3,4). The Hall–Kier alpha value is -1.06.